The highest BCUT2D eigenvalue weighted by Crippen LogP contribution is 2.34. The van der Waals surface area contributed by atoms with Gasteiger partial charge in [0.2, 0.25) is 0 Å². The number of hydrogen-bond donors (Lipinski definition) is 1. The Morgan fingerprint density at radius 1 is 1.10 bits per heavy atom. The van der Waals surface area contributed by atoms with Gasteiger partial charge in [0.05, 0.1) is 15.7 Å². The van der Waals surface area contributed by atoms with Gasteiger partial charge in [0.1, 0.15) is 5.75 Å². The van der Waals surface area contributed by atoms with Gasteiger partial charge in [-0.2, -0.15) is 8.78 Å². The summed E-state index contributed by atoms with van der Waals surface area (Å²) in [6.45, 7) is -2.37. The first-order valence-corrected chi connectivity index (χ1v) is 7.43. The van der Waals surface area contributed by atoms with Crippen molar-refractivity contribution in [3.63, 3.8) is 0 Å². The fraction of sp³-hybridized carbons (Fsp3) is 0.143. The summed E-state index contributed by atoms with van der Waals surface area (Å²) < 4.78 is 29.2. The molecule has 0 aliphatic heterocycles. The molecule has 2 aromatic carbocycles. The average Bonchev–Trinajstić information content (AvgIpc) is 2.38. The topological polar surface area (TPSA) is 21.3 Å². The van der Waals surface area contributed by atoms with Crippen molar-refractivity contribution in [2.24, 2.45) is 0 Å². The van der Waals surface area contributed by atoms with Crippen LogP contribution in [0, 0.1) is 0 Å². The van der Waals surface area contributed by atoms with Crippen LogP contribution in [0.5, 0.6) is 5.75 Å². The van der Waals surface area contributed by atoms with Crippen LogP contribution in [-0.4, -0.2) is 6.61 Å². The molecule has 0 amide bonds. The maximum absolute atomic E-state index is 12.0. The zero-order valence-corrected chi connectivity index (χ0v) is 13.6. The standard InChI is InChI=1S/C14H10BrCl2F2NO/c15-9-5-11(16)13(12(17)6-9)20-7-8-1-3-10(4-2-8)21-14(18)19/h1-6,14,20H,7H2. The van der Waals surface area contributed by atoms with Gasteiger partial charge in [-0.25, -0.2) is 0 Å². The average molecular weight is 397 g/mol. The molecule has 0 saturated heterocycles. The maximum Gasteiger partial charge on any atom is 0.387 e. The first-order chi connectivity index (χ1) is 9.95. The number of ether oxygens (including phenoxy) is 1. The lowest BCUT2D eigenvalue weighted by Gasteiger charge is -2.11. The summed E-state index contributed by atoms with van der Waals surface area (Å²) in [4.78, 5) is 0. The van der Waals surface area contributed by atoms with Gasteiger partial charge in [-0.05, 0) is 29.8 Å². The van der Waals surface area contributed by atoms with Crippen LogP contribution in [0.15, 0.2) is 40.9 Å². The molecule has 0 aliphatic carbocycles. The van der Waals surface area contributed by atoms with E-state index >= 15 is 0 Å². The Morgan fingerprint density at radius 2 is 1.67 bits per heavy atom. The molecule has 0 atom stereocenters. The summed E-state index contributed by atoms with van der Waals surface area (Å²) >= 11 is 15.5. The van der Waals surface area contributed by atoms with Crippen molar-refractivity contribution < 1.29 is 13.5 Å². The van der Waals surface area contributed by atoms with Gasteiger partial charge >= 0.3 is 6.61 Å². The lowest BCUT2D eigenvalue weighted by Crippen LogP contribution is -2.03. The lowest BCUT2D eigenvalue weighted by atomic mass is 10.2. The maximum atomic E-state index is 12.0. The zero-order chi connectivity index (χ0) is 15.4. The summed E-state index contributed by atoms with van der Waals surface area (Å²) in [6, 6.07) is 9.80. The Balaban J connectivity index is 2.03. The van der Waals surface area contributed by atoms with Crippen molar-refractivity contribution in [1.82, 2.24) is 0 Å². The van der Waals surface area contributed by atoms with Gasteiger partial charge in [-0.15, -0.1) is 0 Å². The first-order valence-electron chi connectivity index (χ1n) is 5.88. The normalized spacial score (nSPS) is 10.8. The van der Waals surface area contributed by atoms with Crippen molar-refractivity contribution in [2.75, 3.05) is 5.32 Å². The smallest absolute Gasteiger partial charge is 0.387 e. The molecule has 0 radical (unpaired) electrons. The van der Waals surface area contributed by atoms with Crippen LogP contribution in [0.2, 0.25) is 10.0 Å². The highest BCUT2D eigenvalue weighted by molar-refractivity contribution is 9.10. The van der Waals surface area contributed by atoms with E-state index < -0.39 is 6.61 Å². The summed E-state index contributed by atoms with van der Waals surface area (Å²) in [6.07, 6.45) is 0. The van der Waals surface area contributed by atoms with Crippen molar-refractivity contribution in [3.05, 3.63) is 56.5 Å². The van der Waals surface area contributed by atoms with Crippen LogP contribution >= 0.6 is 39.1 Å². The van der Waals surface area contributed by atoms with Crippen molar-refractivity contribution in [1.29, 1.82) is 0 Å². The Labute approximate surface area is 139 Å². The van der Waals surface area contributed by atoms with E-state index in [1.807, 2.05) is 0 Å². The molecule has 7 heteroatoms. The third-order valence-corrected chi connectivity index (χ3v) is 3.68. The third kappa shape index (κ3) is 4.73. The van der Waals surface area contributed by atoms with E-state index in [4.69, 9.17) is 23.2 Å². The number of alkyl halides is 2. The Hall–Kier alpha value is -1.04. The van der Waals surface area contributed by atoms with Crippen LogP contribution in [0.4, 0.5) is 14.5 Å². The quantitative estimate of drug-likeness (QED) is 0.672. The Morgan fingerprint density at radius 3 is 2.19 bits per heavy atom. The minimum absolute atomic E-state index is 0.119. The second-order valence-corrected chi connectivity index (χ2v) is 5.85. The van der Waals surface area contributed by atoms with Crippen LogP contribution < -0.4 is 10.1 Å². The number of benzene rings is 2. The van der Waals surface area contributed by atoms with Crippen LogP contribution in [0.1, 0.15) is 5.56 Å². The molecule has 2 aromatic rings. The van der Waals surface area contributed by atoms with Gasteiger partial charge in [-0.1, -0.05) is 51.3 Å². The molecule has 0 saturated carbocycles. The van der Waals surface area contributed by atoms with Crippen LogP contribution in [-0.2, 0) is 6.54 Å². The SMILES string of the molecule is FC(F)Oc1ccc(CNc2c(Cl)cc(Br)cc2Cl)cc1. The van der Waals surface area contributed by atoms with E-state index in [2.05, 4.69) is 26.0 Å². The van der Waals surface area contributed by atoms with Crippen molar-refractivity contribution in [3.8, 4) is 5.75 Å². The van der Waals surface area contributed by atoms with E-state index in [0.717, 1.165) is 10.0 Å². The molecule has 1 N–H and O–H groups in total. The largest absolute Gasteiger partial charge is 0.435 e. The fourth-order valence-electron chi connectivity index (χ4n) is 1.69. The fourth-order valence-corrected chi connectivity index (χ4v) is 3.03. The van der Waals surface area contributed by atoms with Gasteiger partial charge < -0.3 is 10.1 Å². The molecule has 2 rings (SSSR count). The van der Waals surface area contributed by atoms with Crippen LogP contribution in [0.25, 0.3) is 0 Å². The van der Waals surface area contributed by atoms with Gasteiger partial charge in [0, 0.05) is 11.0 Å². The lowest BCUT2D eigenvalue weighted by molar-refractivity contribution is -0.0498. The first kappa shape index (κ1) is 16.3. The molecule has 0 bridgehead atoms. The molecule has 0 unspecified atom stereocenters. The van der Waals surface area contributed by atoms with E-state index in [0.29, 0.717) is 22.3 Å². The van der Waals surface area contributed by atoms with E-state index in [1.54, 1.807) is 24.3 Å². The minimum atomic E-state index is -2.82. The Kier molecular flexibility index (Phi) is 5.67. The predicted molar refractivity (Wildman–Crippen MR) is 84.6 cm³/mol. The molecule has 112 valence electrons. The second kappa shape index (κ2) is 7.29. The summed E-state index contributed by atoms with van der Waals surface area (Å²) in [5.74, 6) is 0.119. The van der Waals surface area contributed by atoms with Crippen molar-refractivity contribution in [2.45, 2.75) is 13.2 Å². The predicted octanol–water partition coefficient (Wildman–Crippen LogP) is 5.97. The van der Waals surface area contributed by atoms with E-state index in [-0.39, 0.29) is 5.75 Å². The zero-order valence-electron chi connectivity index (χ0n) is 10.5. The molecule has 0 aromatic heterocycles. The van der Waals surface area contributed by atoms with Crippen LogP contribution in [0.3, 0.4) is 0 Å². The number of anilines is 1. The molecule has 2 nitrogen and oxygen atoms in total. The molecule has 0 fully saturated rings. The molecule has 21 heavy (non-hydrogen) atoms. The monoisotopic (exact) mass is 395 g/mol. The number of halogens is 5. The summed E-state index contributed by atoms with van der Waals surface area (Å²) in [5.41, 5.74) is 1.50. The van der Waals surface area contributed by atoms with E-state index in [1.165, 1.54) is 12.1 Å². The highest BCUT2D eigenvalue weighted by Gasteiger charge is 2.08. The minimum Gasteiger partial charge on any atom is -0.435 e. The molecular weight excluding hydrogens is 387 g/mol. The highest BCUT2D eigenvalue weighted by atomic mass is 79.9. The summed E-state index contributed by atoms with van der Waals surface area (Å²) in [5, 5.41) is 4.10. The molecule has 0 heterocycles. The number of rotatable bonds is 5. The van der Waals surface area contributed by atoms with Gasteiger partial charge in [0.25, 0.3) is 0 Å². The van der Waals surface area contributed by atoms with Crippen molar-refractivity contribution >= 4 is 44.8 Å². The Bertz CT molecular complexity index is 600. The molecule has 0 aliphatic rings. The molecular formula is C14H10BrCl2F2NO. The second-order valence-electron chi connectivity index (χ2n) is 4.12. The number of nitrogens with one attached hydrogen (secondary N) is 1. The third-order valence-electron chi connectivity index (χ3n) is 2.62. The molecule has 0 spiro atoms. The van der Waals surface area contributed by atoms with Gasteiger partial charge in [0.15, 0.2) is 0 Å². The van der Waals surface area contributed by atoms with Gasteiger partial charge in [-0.3, -0.25) is 0 Å². The summed E-state index contributed by atoms with van der Waals surface area (Å²) in [7, 11) is 0. The van der Waals surface area contributed by atoms with E-state index in [9.17, 15) is 8.78 Å². The number of hydrogen-bond acceptors (Lipinski definition) is 2.